The molecule has 9 heteroatoms. The number of carbonyl (C=O) groups is 2. The number of hydrogen-bond donors (Lipinski definition) is 1. The molecule has 2 N–H and O–H groups in total. The summed E-state index contributed by atoms with van der Waals surface area (Å²) in [4.78, 5) is 27.4. The van der Waals surface area contributed by atoms with Gasteiger partial charge in [-0.3, -0.25) is 4.90 Å². The van der Waals surface area contributed by atoms with E-state index in [-0.39, 0.29) is 28.2 Å². The fraction of sp³-hybridized carbons (Fsp3) is 0.107. The second-order valence-electron chi connectivity index (χ2n) is 8.01. The molecule has 37 heavy (non-hydrogen) atoms. The van der Waals surface area contributed by atoms with Gasteiger partial charge in [0.15, 0.2) is 0 Å². The van der Waals surface area contributed by atoms with Crippen molar-refractivity contribution in [2.75, 3.05) is 19.1 Å². The molecule has 186 valence electrons. The third-order valence-electron chi connectivity index (χ3n) is 5.98. The molecule has 0 fully saturated rings. The van der Waals surface area contributed by atoms with E-state index in [2.05, 4.69) is 6.07 Å². The molecule has 1 unspecified atom stereocenters. The molecule has 0 aliphatic carbocycles. The van der Waals surface area contributed by atoms with Gasteiger partial charge in [-0.1, -0.05) is 42.5 Å². The molecule has 0 aromatic heterocycles. The van der Waals surface area contributed by atoms with Crippen LogP contribution in [0.3, 0.4) is 0 Å². The minimum Gasteiger partial charge on any atom is -0.466 e. The Morgan fingerprint density at radius 3 is 2.16 bits per heavy atom. The zero-order chi connectivity index (χ0) is 26.7. The predicted molar refractivity (Wildman–Crippen MR) is 131 cm³/mol. The monoisotopic (exact) mass is 501 g/mol. The quantitative estimate of drug-likeness (QED) is 0.512. The van der Waals surface area contributed by atoms with Crippen LogP contribution in [-0.2, 0) is 19.1 Å². The number of carbonyl (C=O) groups excluding carboxylic acids is 2. The van der Waals surface area contributed by atoms with E-state index in [9.17, 15) is 23.6 Å². The molecule has 1 aliphatic rings. The second kappa shape index (κ2) is 10.3. The van der Waals surface area contributed by atoms with Gasteiger partial charge in [-0.25, -0.2) is 18.4 Å². The fourth-order valence-corrected chi connectivity index (χ4v) is 4.30. The molecule has 0 bridgehead atoms. The number of hydrogen-bond acceptors (Lipinski definition) is 7. The van der Waals surface area contributed by atoms with Gasteiger partial charge in [0.2, 0.25) is 0 Å². The lowest BCUT2D eigenvalue weighted by atomic mass is 9.81. The number of nitriles is 1. The maximum Gasteiger partial charge on any atom is 0.355 e. The molecule has 1 heterocycles. The molecule has 0 amide bonds. The van der Waals surface area contributed by atoms with Gasteiger partial charge in [0.05, 0.1) is 37.4 Å². The largest absolute Gasteiger partial charge is 0.466 e. The van der Waals surface area contributed by atoms with Crippen molar-refractivity contribution < 1.29 is 27.8 Å². The first kappa shape index (κ1) is 25.1. The summed E-state index contributed by atoms with van der Waals surface area (Å²) in [6, 6.07) is 20.1. The van der Waals surface area contributed by atoms with Gasteiger partial charge in [0.25, 0.3) is 0 Å². The van der Waals surface area contributed by atoms with Crippen LogP contribution in [0.2, 0.25) is 0 Å². The summed E-state index contributed by atoms with van der Waals surface area (Å²) in [5.74, 6) is -4.25. The third-order valence-corrected chi connectivity index (χ3v) is 5.98. The normalized spacial score (nSPS) is 15.3. The maximum atomic E-state index is 14.3. The molecule has 0 saturated heterocycles. The number of benzene rings is 3. The lowest BCUT2D eigenvalue weighted by molar-refractivity contribution is -0.139. The summed E-state index contributed by atoms with van der Waals surface area (Å²) in [6.45, 7) is 0. The predicted octanol–water partition coefficient (Wildman–Crippen LogP) is 4.53. The zero-order valence-corrected chi connectivity index (χ0v) is 19.9. The summed E-state index contributed by atoms with van der Waals surface area (Å²) in [6.07, 6.45) is 0. The third kappa shape index (κ3) is 4.52. The fourth-order valence-electron chi connectivity index (χ4n) is 4.30. The minimum atomic E-state index is -0.989. The van der Waals surface area contributed by atoms with E-state index < -0.39 is 29.5 Å². The lowest BCUT2D eigenvalue weighted by Gasteiger charge is -2.36. The number of nitrogens with zero attached hydrogens (tertiary/aromatic N) is 2. The second-order valence-corrected chi connectivity index (χ2v) is 8.01. The van der Waals surface area contributed by atoms with Crippen LogP contribution < -0.4 is 10.6 Å². The molecule has 1 atom stereocenters. The van der Waals surface area contributed by atoms with Crippen molar-refractivity contribution in [2.45, 2.75) is 5.92 Å². The molecule has 4 rings (SSSR count). The van der Waals surface area contributed by atoms with Gasteiger partial charge in [-0.2, -0.15) is 5.26 Å². The number of halogens is 2. The van der Waals surface area contributed by atoms with Crippen molar-refractivity contribution in [3.8, 4) is 17.2 Å². The van der Waals surface area contributed by atoms with Crippen LogP contribution in [0.4, 0.5) is 14.5 Å². The molecule has 0 spiro atoms. The Morgan fingerprint density at radius 1 is 0.946 bits per heavy atom. The average Bonchev–Trinajstić information content (AvgIpc) is 2.92. The molecular formula is C28H21F2N3O4. The van der Waals surface area contributed by atoms with Crippen molar-refractivity contribution in [1.29, 1.82) is 5.26 Å². The van der Waals surface area contributed by atoms with E-state index in [1.54, 1.807) is 42.5 Å². The van der Waals surface area contributed by atoms with E-state index in [1.165, 1.54) is 23.1 Å². The molecule has 0 radical (unpaired) electrons. The minimum absolute atomic E-state index is 0.0212. The molecule has 7 nitrogen and oxygen atoms in total. The lowest BCUT2D eigenvalue weighted by Crippen LogP contribution is -2.40. The summed E-state index contributed by atoms with van der Waals surface area (Å²) in [7, 11) is 2.32. The number of rotatable bonds is 5. The number of allylic oxidation sites excluding steroid dienone is 1. The Balaban J connectivity index is 1.94. The van der Waals surface area contributed by atoms with E-state index in [0.717, 1.165) is 26.4 Å². The number of anilines is 1. The van der Waals surface area contributed by atoms with Crippen molar-refractivity contribution in [2.24, 2.45) is 5.73 Å². The topological polar surface area (TPSA) is 106 Å². The average molecular weight is 501 g/mol. The van der Waals surface area contributed by atoms with Gasteiger partial charge in [-0.15, -0.1) is 0 Å². The van der Waals surface area contributed by atoms with Gasteiger partial charge in [0.1, 0.15) is 23.2 Å². The van der Waals surface area contributed by atoms with Crippen molar-refractivity contribution >= 4 is 17.6 Å². The Labute approximate surface area is 211 Å². The summed E-state index contributed by atoms with van der Waals surface area (Å²) in [5.41, 5.74) is 7.57. The first-order valence-corrected chi connectivity index (χ1v) is 11.0. The first-order valence-electron chi connectivity index (χ1n) is 11.0. The van der Waals surface area contributed by atoms with Gasteiger partial charge in [0, 0.05) is 17.3 Å². The van der Waals surface area contributed by atoms with Crippen LogP contribution >= 0.6 is 0 Å². The van der Waals surface area contributed by atoms with Crippen molar-refractivity contribution in [3.05, 3.63) is 113 Å². The van der Waals surface area contributed by atoms with Crippen molar-refractivity contribution in [3.63, 3.8) is 0 Å². The maximum absolute atomic E-state index is 14.3. The van der Waals surface area contributed by atoms with Gasteiger partial charge in [-0.05, 0) is 35.4 Å². The van der Waals surface area contributed by atoms with E-state index in [1.807, 2.05) is 0 Å². The highest BCUT2D eigenvalue weighted by Gasteiger charge is 2.42. The van der Waals surface area contributed by atoms with Crippen LogP contribution in [-0.4, -0.2) is 26.2 Å². The number of methoxy groups -OCH3 is 2. The molecule has 3 aromatic rings. The Hall–Kier alpha value is -4.97. The highest BCUT2D eigenvalue weighted by atomic mass is 19.1. The first-order chi connectivity index (χ1) is 17.8. The Morgan fingerprint density at radius 2 is 1.59 bits per heavy atom. The standard InChI is InChI=1S/C28H21F2N3O4/c1-36-27(34)24-23(17-6-4-3-5-7-17)21(15-31)26(32)33(25(24)28(35)37-2)19-11-8-16(9-12-19)20-13-10-18(29)14-22(20)30/h3-14,23H,32H2,1-2H3. The van der Waals surface area contributed by atoms with E-state index in [4.69, 9.17) is 15.2 Å². The molecule has 1 aliphatic heterocycles. The Kier molecular flexibility index (Phi) is 7.02. The highest BCUT2D eigenvalue weighted by Crippen LogP contribution is 2.43. The number of ether oxygens (including phenoxy) is 2. The number of nitrogens with two attached hydrogens (primary N) is 1. The summed E-state index contributed by atoms with van der Waals surface area (Å²) < 4.78 is 37.7. The molecular weight excluding hydrogens is 480 g/mol. The van der Waals surface area contributed by atoms with Crippen molar-refractivity contribution in [1.82, 2.24) is 0 Å². The summed E-state index contributed by atoms with van der Waals surface area (Å²) in [5, 5.41) is 10.1. The Bertz CT molecular complexity index is 1480. The number of esters is 2. The SMILES string of the molecule is COC(=O)C1=C(C(=O)OC)N(c2ccc(-c3ccc(F)cc3F)cc2)C(N)=C(C#N)C1c1ccccc1. The van der Waals surface area contributed by atoms with Gasteiger partial charge < -0.3 is 15.2 Å². The van der Waals surface area contributed by atoms with Crippen LogP contribution in [0.1, 0.15) is 11.5 Å². The van der Waals surface area contributed by atoms with Crippen LogP contribution in [0, 0.1) is 23.0 Å². The molecule has 3 aromatic carbocycles. The smallest absolute Gasteiger partial charge is 0.355 e. The van der Waals surface area contributed by atoms with Crippen LogP contribution in [0.5, 0.6) is 0 Å². The zero-order valence-electron chi connectivity index (χ0n) is 19.9. The van der Waals surface area contributed by atoms with Crippen LogP contribution in [0.25, 0.3) is 11.1 Å². The summed E-state index contributed by atoms with van der Waals surface area (Å²) >= 11 is 0. The van der Waals surface area contributed by atoms with Gasteiger partial charge >= 0.3 is 11.9 Å². The highest BCUT2D eigenvalue weighted by molar-refractivity contribution is 6.06. The van der Waals surface area contributed by atoms with E-state index >= 15 is 0 Å². The van der Waals surface area contributed by atoms with E-state index in [0.29, 0.717) is 16.8 Å². The van der Waals surface area contributed by atoms with Crippen LogP contribution in [0.15, 0.2) is 95.5 Å². The molecule has 0 saturated carbocycles.